The molecule has 0 bridgehead atoms. The van der Waals surface area contributed by atoms with Crippen LogP contribution in [0.5, 0.6) is 0 Å². The van der Waals surface area contributed by atoms with Gasteiger partial charge in [-0.3, -0.25) is 4.79 Å². The molecular formula is C14H10F4N2O2. The van der Waals surface area contributed by atoms with Crippen LogP contribution in [0.1, 0.15) is 24.3 Å². The molecule has 0 spiro atoms. The third-order valence-corrected chi connectivity index (χ3v) is 3.38. The van der Waals surface area contributed by atoms with E-state index in [4.69, 9.17) is 0 Å². The average molecular weight is 314 g/mol. The zero-order valence-corrected chi connectivity index (χ0v) is 11.2. The Kier molecular flexibility index (Phi) is 3.46. The lowest BCUT2D eigenvalue weighted by atomic mass is 10.0. The topological polar surface area (TPSA) is 56.0 Å². The molecule has 0 aliphatic heterocycles. The van der Waals surface area contributed by atoms with Crippen molar-refractivity contribution < 1.29 is 26.9 Å². The van der Waals surface area contributed by atoms with E-state index in [1.54, 1.807) is 0 Å². The minimum Gasteiger partial charge on any atom is -0.329 e. The summed E-state index contributed by atoms with van der Waals surface area (Å²) in [6.07, 6.45) is -3.10. The first-order valence-corrected chi connectivity index (χ1v) is 6.57. The van der Waals surface area contributed by atoms with Crippen molar-refractivity contribution in [3.05, 3.63) is 35.5 Å². The van der Waals surface area contributed by atoms with Crippen LogP contribution in [0.3, 0.4) is 0 Å². The van der Waals surface area contributed by atoms with Gasteiger partial charge < -0.3 is 4.52 Å². The largest absolute Gasteiger partial charge is 0.471 e. The highest BCUT2D eigenvalue weighted by atomic mass is 19.4. The Hall–Kier alpha value is -2.25. The average Bonchev–Trinajstić information content (AvgIpc) is 3.16. The number of benzene rings is 1. The second-order valence-corrected chi connectivity index (χ2v) is 5.14. The van der Waals surface area contributed by atoms with Crippen molar-refractivity contribution in [2.45, 2.75) is 25.4 Å². The minimum absolute atomic E-state index is 0.0170. The quantitative estimate of drug-likeness (QED) is 0.812. The normalized spacial score (nSPS) is 15.1. The number of halogens is 4. The summed E-state index contributed by atoms with van der Waals surface area (Å²) in [7, 11) is 0. The molecule has 1 aromatic carbocycles. The highest BCUT2D eigenvalue weighted by Crippen LogP contribution is 2.32. The zero-order chi connectivity index (χ0) is 15.9. The maximum Gasteiger partial charge on any atom is 0.471 e. The smallest absolute Gasteiger partial charge is 0.329 e. The van der Waals surface area contributed by atoms with Crippen molar-refractivity contribution in [1.82, 2.24) is 10.1 Å². The lowest BCUT2D eigenvalue weighted by Gasteiger charge is -2.03. The number of hydrogen-bond acceptors (Lipinski definition) is 4. The van der Waals surface area contributed by atoms with Crippen molar-refractivity contribution in [2.75, 3.05) is 0 Å². The maximum absolute atomic E-state index is 14.0. The summed E-state index contributed by atoms with van der Waals surface area (Å²) in [5.74, 6) is -2.52. The monoisotopic (exact) mass is 314 g/mol. The summed E-state index contributed by atoms with van der Waals surface area (Å²) in [6, 6.07) is 3.72. The molecule has 3 rings (SSSR count). The summed E-state index contributed by atoms with van der Waals surface area (Å²) in [4.78, 5) is 14.8. The molecule has 0 saturated heterocycles. The summed E-state index contributed by atoms with van der Waals surface area (Å²) < 4.78 is 55.2. The summed E-state index contributed by atoms with van der Waals surface area (Å²) in [6.45, 7) is 0. The molecule has 22 heavy (non-hydrogen) atoms. The van der Waals surface area contributed by atoms with Crippen LogP contribution in [-0.4, -0.2) is 15.9 Å². The number of ketones is 1. The van der Waals surface area contributed by atoms with Gasteiger partial charge in [0.1, 0.15) is 11.6 Å². The molecule has 1 saturated carbocycles. The predicted octanol–water partition coefficient (Wildman–Crippen LogP) is 3.42. The van der Waals surface area contributed by atoms with Crippen molar-refractivity contribution >= 4 is 5.78 Å². The van der Waals surface area contributed by atoms with Crippen LogP contribution in [0.15, 0.2) is 22.7 Å². The molecule has 0 N–H and O–H groups in total. The van der Waals surface area contributed by atoms with Gasteiger partial charge in [0.15, 0.2) is 0 Å². The molecule has 0 unspecified atom stereocenters. The van der Waals surface area contributed by atoms with Crippen LogP contribution in [-0.2, 0) is 17.4 Å². The summed E-state index contributed by atoms with van der Waals surface area (Å²) in [5, 5.41) is 3.18. The van der Waals surface area contributed by atoms with Crippen molar-refractivity contribution in [3.8, 4) is 11.4 Å². The van der Waals surface area contributed by atoms with E-state index in [1.807, 2.05) is 0 Å². The molecule has 8 heteroatoms. The third-order valence-electron chi connectivity index (χ3n) is 3.38. The molecule has 0 radical (unpaired) electrons. The first-order valence-electron chi connectivity index (χ1n) is 6.57. The minimum atomic E-state index is -4.75. The van der Waals surface area contributed by atoms with Crippen LogP contribution in [0, 0.1) is 11.7 Å². The number of aromatic nitrogens is 2. The fourth-order valence-electron chi connectivity index (χ4n) is 2.02. The second-order valence-electron chi connectivity index (χ2n) is 5.14. The Bertz CT molecular complexity index is 720. The molecule has 1 aromatic heterocycles. The zero-order valence-electron chi connectivity index (χ0n) is 11.2. The van der Waals surface area contributed by atoms with Gasteiger partial charge in [-0.05, 0) is 24.5 Å². The number of Topliss-reactive ketones (excluding diaryl/α,β-unsaturated/α-hetero) is 1. The van der Waals surface area contributed by atoms with Crippen LogP contribution in [0.2, 0.25) is 0 Å². The van der Waals surface area contributed by atoms with Crippen LogP contribution in [0.25, 0.3) is 11.4 Å². The Morgan fingerprint density at radius 2 is 2.05 bits per heavy atom. The van der Waals surface area contributed by atoms with Gasteiger partial charge in [-0.1, -0.05) is 17.3 Å². The van der Waals surface area contributed by atoms with Crippen molar-refractivity contribution in [2.24, 2.45) is 5.92 Å². The molecular weight excluding hydrogens is 304 g/mol. The lowest BCUT2D eigenvalue weighted by molar-refractivity contribution is -0.159. The molecule has 0 atom stereocenters. The first kappa shape index (κ1) is 14.7. The van der Waals surface area contributed by atoms with Gasteiger partial charge in [0, 0.05) is 17.9 Å². The van der Waals surface area contributed by atoms with Gasteiger partial charge in [0.25, 0.3) is 0 Å². The Morgan fingerprint density at radius 3 is 2.59 bits per heavy atom. The Morgan fingerprint density at radius 1 is 1.32 bits per heavy atom. The molecule has 1 aliphatic carbocycles. The standard InChI is InChI=1S/C14H10F4N2O2/c15-10-5-9(12-19-13(22-20-12)14(16,17)18)4-3-8(10)6-11(21)7-1-2-7/h3-5,7H,1-2,6H2. The van der Waals surface area contributed by atoms with E-state index in [0.717, 1.165) is 18.9 Å². The van der Waals surface area contributed by atoms with Crippen LogP contribution >= 0.6 is 0 Å². The molecule has 0 amide bonds. The molecule has 2 aromatic rings. The van der Waals surface area contributed by atoms with E-state index in [2.05, 4.69) is 14.7 Å². The SMILES string of the molecule is O=C(Cc1ccc(-c2noc(C(F)(F)F)n2)cc1F)C1CC1. The van der Waals surface area contributed by atoms with E-state index in [9.17, 15) is 22.4 Å². The number of carbonyl (C=O) groups is 1. The maximum atomic E-state index is 14.0. The second kappa shape index (κ2) is 5.19. The third kappa shape index (κ3) is 3.00. The first-order chi connectivity index (χ1) is 10.3. The molecule has 1 heterocycles. The predicted molar refractivity (Wildman–Crippen MR) is 66.1 cm³/mol. The fourth-order valence-corrected chi connectivity index (χ4v) is 2.02. The van der Waals surface area contributed by atoms with Crippen molar-refractivity contribution in [1.29, 1.82) is 0 Å². The van der Waals surface area contributed by atoms with Crippen LogP contribution < -0.4 is 0 Å². The highest BCUT2D eigenvalue weighted by molar-refractivity contribution is 5.85. The van der Waals surface area contributed by atoms with E-state index in [1.165, 1.54) is 12.1 Å². The van der Waals surface area contributed by atoms with E-state index < -0.39 is 17.9 Å². The summed E-state index contributed by atoms with van der Waals surface area (Å²) in [5.41, 5.74) is 0.263. The van der Waals surface area contributed by atoms with Crippen molar-refractivity contribution in [3.63, 3.8) is 0 Å². The van der Waals surface area contributed by atoms with Gasteiger partial charge in [-0.2, -0.15) is 18.2 Å². The van der Waals surface area contributed by atoms with E-state index in [0.29, 0.717) is 0 Å². The molecule has 1 aliphatic rings. The van der Waals surface area contributed by atoms with Crippen LogP contribution in [0.4, 0.5) is 17.6 Å². The summed E-state index contributed by atoms with van der Waals surface area (Å²) >= 11 is 0. The number of nitrogens with zero attached hydrogens (tertiary/aromatic N) is 2. The van der Waals surface area contributed by atoms with Gasteiger partial charge in [0.05, 0.1) is 0 Å². The molecule has 116 valence electrons. The van der Waals surface area contributed by atoms with E-state index in [-0.39, 0.29) is 35.1 Å². The van der Waals surface area contributed by atoms with Gasteiger partial charge in [-0.15, -0.1) is 0 Å². The van der Waals surface area contributed by atoms with Gasteiger partial charge >= 0.3 is 12.1 Å². The number of rotatable bonds is 4. The van der Waals surface area contributed by atoms with Gasteiger partial charge in [-0.25, -0.2) is 4.39 Å². The number of carbonyl (C=O) groups excluding carboxylic acids is 1. The molecule has 1 fully saturated rings. The fraction of sp³-hybridized carbons (Fsp3) is 0.357. The Balaban J connectivity index is 1.82. The number of alkyl halides is 3. The van der Waals surface area contributed by atoms with Gasteiger partial charge in [0.2, 0.25) is 5.82 Å². The number of hydrogen-bond donors (Lipinski definition) is 0. The lowest BCUT2D eigenvalue weighted by Crippen LogP contribution is -2.06. The highest BCUT2D eigenvalue weighted by Gasteiger charge is 2.38. The Labute approximate surface area is 122 Å². The van der Waals surface area contributed by atoms with E-state index >= 15 is 0 Å². The molecule has 4 nitrogen and oxygen atoms in total.